The van der Waals surface area contributed by atoms with E-state index in [2.05, 4.69) is 20.9 Å². The molecule has 1 aromatic carbocycles. The smallest absolute Gasteiger partial charge is 0.115 e. The summed E-state index contributed by atoms with van der Waals surface area (Å²) >= 11 is 9.54. The maximum atomic E-state index is 10.7. The van der Waals surface area contributed by atoms with Gasteiger partial charge in [0.05, 0.1) is 0 Å². The van der Waals surface area contributed by atoms with Crippen LogP contribution in [-0.4, -0.2) is 10.1 Å². The summed E-state index contributed by atoms with van der Waals surface area (Å²) < 4.78 is 0.883. The van der Waals surface area contributed by atoms with Gasteiger partial charge in [-0.25, -0.2) is 0 Å². The van der Waals surface area contributed by atoms with Crippen molar-refractivity contribution in [3.63, 3.8) is 0 Å². The first-order chi connectivity index (χ1) is 8.41. The monoisotopic (exact) mass is 325 g/mol. The minimum atomic E-state index is -1.15. The van der Waals surface area contributed by atoms with Crippen molar-refractivity contribution in [2.45, 2.75) is 19.4 Å². The highest BCUT2D eigenvalue weighted by Gasteiger charge is 2.28. The second-order valence-corrected chi connectivity index (χ2v) is 5.71. The molecule has 2 rings (SSSR count). The zero-order valence-corrected chi connectivity index (χ0v) is 12.5. The van der Waals surface area contributed by atoms with Crippen LogP contribution in [0.25, 0.3) is 0 Å². The topological polar surface area (TPSA) is 33.1 Å². The summed E-state index contributed by atoms with van der Waals surface area (Å²) in [5.74, 6) is 0. The van der Waals surface area contributed by atoms with Gasteiger partial charge in [0.1, 0.15) is 5.60 Å². The first-order valence-electron chi connectivity index (χ1n) is 5.52. The Bertz CT molecular complexity index is 567. The SMILES string of the molecule is Cc1ccc(C(C)(O)c2ccc(Br)cc2Cl)cn1. The molecule has 2 nitrogen and oxygen atoms in total. The number of pyridine rings is 1. The van der Waals surface area contributed by atoms with Crippen LogP contribution in [0, 0.1) is 6.92 Å². The maximum absolute atomic E-state index is 10.7. The fraction of sp³-hybridized carbons (Fsp3) is 0.214. The molecular weight excluding hydrogens is 314 g/mol. The third-order valence-corrected chi connectivity index (χ3v) is 3.74. The molecule has 0 fully saturated rings. The van der Waals surface area contributed by atoms with E-state index in [1.54, 1.807) is 19.2 Å². The van der Waals surface area contributed by atoms with Crippen molar-refractivity contribution in [2.24, 2.45) is 0 Å². The molecule has 0 saturated carbocycles. The molecular formula is C14H13BrClNO. The van der Waals surface area contributed by atoms with Gasteiger partial charge < -0.3 is 5.11 Å². The van der Waals surface area contributed by atoms with E-state index in [1.807, 2.05) is 31.2 Å². The van der Waals surface area contributed by atoms with E-state index in [4.69, 9.17) is 11.6 Å². The minimum absolute atomic E-state index is 0.523. The highest BCUT2D eigenvalue weighted by Crippen LogP contribution is 2.34. The molecule has 0 bridgehead atoms. The lowest BCUT2D eigenvalue weighted by Crippen LogP contribution is -2.23. The Kier molecular flexibility index (Phi) is 3.76. The fourth-order valence-corrected chi connectivity index (χ4v) is 2.65. The third kappa shape index (κ3) is 2.58. The predicted octanol–water partition coefficient (Wildman–Crippen LogP) is 4.06. The number of rotatable bonds is 2. The molecule has 0 aliphatic heterocycles. The second-order valence-electron chi connectivity index (χ2n) is 4.38. The Morgan fingerprint density at radius 1 is 1.28 bits per heavy atom. The van der Waals surface area contributed by atoms with E-state index in [0.717, 1.165) is 15.7 Å². The van der Waals surface area contributed by atoms with Gasteiger partial charge in [0.2, 0.25) is 0 Å². The summed E-state index contributed by atoms with van der Waals surface area (Å²) in [7, 11) is 0. The molecule has 1 unspecified atom stereocenters. The van der Waals surface area contributed by atoms with Crippen LogP contribution in [0.3, 0.4) is 0 Å². The number of halogens is 2. The van der Waals surface area contributed by atoms with Crippen molar-refractivity contribution < 1.29 is 5.11 Å². The van der Waals surface area contributed by atoms with Gasteiger partial charge in [0, 0.05) is 32.5 Å². The van der Waals surface area contributed by atoms with Crippen molar-refractivity contribution in [1.82, 2.24) is 4.98 Å². The van der Waals surface area contributed by atoms with Gasteiger partial charge in [-0.2, -0.15) is 0 Å². The maximum Gasteiger partial charge on any atom is 0.115 e. The van der Waals surface area contributed by atoms with E-state index in [9.17, 15) is 5.11 Å². The van der Waals surface area contributed by atoms with Crippen LogP contribution in [0.1, 0.15) is 23.7 Å². The van der Waals surface area contributed by atoms with Crippen molar-refractivity contribution >= 4 is 27.5 Å². The average molecular weight is 327 g/mol. The van der Waals surface area contributed by atoms with E-state index in [0.29, 0.717) is 10.6 Å². The molecule has 0 radical (unpaired) electrons. The Balaban J connectivity index is 2.50. The van der Waals surface area contributed by atoms with Crippen LogP contribution >= 0.6 is 27.5 Å². The predicted molar refractivity (Wildman–Crippen MR) is 76.8 cm³/mol. The molecule has 1 aromatic heterocycles. The summed E-state index contributed by atoms with van der Waals surface area (Å²) in [6.07, 6.45) is 1.67. The summed E-state index contributed by atoms with van der Waals surface area (Å²) in [5.41, 5.74) is 1.14. The standard InChI is InChI=1S/C14H13BrClNO/c1-9-3-4-10(8-17-9)14(2,18)12-6-5-11(15)7-13(12)16/h3-8,18H,1-2H3. The van der Waals surface area contributed by atoms with Crippen LogP contribution in [-0.2, 0) is 5.60 Å². The fourth-order valence-electron chi connectivity index (χ4n) is 1.80. The molecule has 1 N–H and O–H groups in total. The van der Waals surface area contributed by atoms with E-state index < -0.39 is 5.60 Å². The van der Waals surface area contributed by atoms with Gasteiger partial charge in [-0.15, -0.1) is 0 Å². The highest BCUT2D eigenvalue weighted by molar-refractivity contribution is 9.10. The number of aryl methyl sites for hydroxylation is 1. The lowest BCUT2D eigenvalue weighted by Gasteiger charge is -2.25. The van der Waals surface area contributed by atoms with Crippen molar-refractivity contribution in [1.29, 1.82) is 0 Å². The third-order valence-electron chi connectivity index (χ3n) is 2.93. The molecule has 0 spiro atoms. The van der Waals surface area contributed by atoms with Gasteiger partial charge in [-0.1, -0.05) is 39.7 Å². The van der Waals surface area contributed by atoms with Gasteiger partial charge in [-0.05, 0) is 32.0 Å². The number of hydrogen-bond acceptors (Lipinski definition) is 2. The van der Waals surface area contributed by atoms with Crippen LogP contribution in [0.4, 0.5) is 0 Å². The van der Waals surface area contributed by atoms with Crippen molar-refractivity contribution in [2.75, 3.05) is 0 Å². The van der Waals surface area contributed by atoms with E-state index >= 15 is 0 Å². The van der Waals surface area contributed by atoms with Gasteiger partial charge in [-0.3, -0.25) is 4.98 Å². The Labute approximate surface area is 120 Å². The zero-order chi connectivity index (χ0) is 13.3. The van der Waals surface area contributed by atoms with Crippen LogP contribution < -0.4 is 0 Å². The second kappa shape index (κ2) is 5.00. The average Bonchev–Trinajstić information content (AvgIpc) is 2.29. The van der Waals surface area contributed by atoms with Crippen LogP contribution in [0.5, 0.6) is 0 Å². The Morgan fingerprint density at radius 3 is 2.56 bits per heavy atom. The molecule has 0 saturated heterocycles. The molecule has 0 amide bonds. The Morgan fingerprint density at radius 2 is 2.00 bits per heavy atom. The van der Waals surface area contributed by atoms with E-state index in [1.165, 1.54) is 0 Å². The molecule has 2 aromatic rings. The zero-order valence-electron chi connectivity index (χ0n) is 10.1. The lowest BCUT2D eigenvalue weighted by atomic mass is 9.89. The van der Waals surface area contributed by atoms with Gasteiger partial charge >= 0.3 is 0 Å². The molecule has 0 aliphatic rings. The molecule has 0 aliphatic carbocycles. The summed E-state index contributed by atoms with van der Waals surface area (Å²) in [6.45, 7) is 3.62. The first-order valence-corrected chi connectivity index (χ1v) is 6.69. The van der Waals surface area contributed by atoms with Gasteiger partial charge in [0.15, 0.2) is 0 Å². The molecule has 94 valence electrons. The number of nitrogens with zero attached hydrogens (tertiary/aromatic N) is 1. The largest absolute Gasteiger partial charge is 0.381 e. The number of aromatic nitrogens is 1. The quantitative estimate of drug-likeness (QED) is 0.902. The number of benzene rings is 1. The molecule has 4 heteroatoms. The summed E-state index contributed by atoms with van der Waals surface area (Å²) in [4.78, 5) is 4.21. The summed E-state index contributed by atoms with van der Waals surface area (Å²) in [5, 5.41) is 11.2. The lowest BCUT2D eigenvalue weighted by molar-refractivity contribution is 0.102. The number of hydrogen-bond donors (Lipinski definition) is 1. The van der Waals surface area contributed by atoms with Crippen LogP contribution in [0.15, 0.2) is 41.0 Å². The van der Waals surface area contributed by atoms with Gasteiger partial charge in [0.25, 0.3) is 0 Å². The molecule has 1 heterocycles. The summed E-state index contributed by atoms with van der Waals surface area (Å²) in [6, 6.07) is 9.17. The highest BCUT2D eigenvalue weighted by atomic mass is 79.9. The normalized spacial score (nSPS) is 14.3. The van der Waals surface area contributed by atoms with Crippen LogP contribution in [0.2, 0.25) is 5.02 Å². The molecule has 18 heavy (non-hydrogen) atoms. The number of aliphatic hydroxyl groups is 1. The van der Waals surface area contributed by atoms with Crippen molar-refractivity contribution in [3.05, 3.63) is 62.8 Å². The minimum Gasteiger partial charge on any atom is -0.381 e. The molecule has 1 atom stereocenters. The Hall–Kier alpha value is -0.900. The van der Waals surface area contributed by atoms with E-state index in [-0.39, 0.29) is 0 Å². The first kappa shape index (κ1) is 13.5. The van der Waals surface area contributed by atoms with Crippen molar-refractivity contribution in [3.8, 4) is 0 Å².